The largest absolute Gasteiger partial charge is 0.453 e. The van der Waals surface area contributed by atoms with Crippen molar-refractivity contribution in [3.05, 3.63) is 11.7 Å². The van der Waals surface area contributed by atoms with Gasteiger partial charge in [-0.3, -0.25) is 0 Å². The zero-order chi connectivity index (χ0) is 13.8. The standard InChI is InChI=1S/C12H20N4O3/c1-8(2)6-10-14-11(19-15-10)9-7-16(5-4-13-9)12(17)18-3/h8-9,13H,4-7H2,1-3H3. The number of aromatic nitrogens is 2. The molecule has 2 heterocycles. The Kier molecular flexibility index (Phi) is 4.36. The number of ether oxygens (including phenoxy) is 1. The molecule has 19 heavy (non-hydrogen) atoms. The van der Waals surface area contributed by atoms with E-state index in [0.29, 0.717) is 37.3 Å². The maximum Gasteiger partial charge on any atom is 0.409 e. The maximum absolute atomic E-state index is 11.5. The quantitative estimate of drug-likeness (QED) is 0.880. The second-order valence-electron chi connectivity index (χ2n) is 5.07. The van der Waals surface area contributed by atoms with Crippen LogP contribution in [0, 0.1) is 5.92 Å². The van der Waals surface area contributed by atoms with Crippen LogP contribution in [0.25, 0.3) is 0 Å². The van der Waals surface area contributed by atoms with Crippen LogP contribution >= 0.6 is 0 Å². The van der Waals surface area contributed by atoms with Gasteiger partial charge in [0.25, 0.3) is 0 Å². The van der Waals surface area contributed by atoms with Crippen molar-refractivity contribution < 1.29 is 14.1 Å². The highest BCUT2D eigenvalue weighted by molar-refractivity contribution is 5.67. The number of nitrogens with one attached hydrogen (secondary N) is 1. The van der Waals surface area contributed by atoms with Crippen molar-refractivity contribution >= 4 is 6.09 Å². The summed E-state index contributed by atoms with van der Waals surface area (Å²) in [4.78, 5) is 17.5. The van der Waals surface area contributed by atoms with Gasteiger partial charge in [-0.25, -0.2) is 4.79 Å². The van der Waals surface area contributed by atoms with Crippen molar-refractivity contribution in [2.75, 3.05) is 26.7 Å². The topological polar surface area (TPSA) is 80.5 Å². The molecule has 7 nitrogen and oxygen atoms in total. The Balaban J connectivity index is 2.01. The average Bonchev–Trinajstić information content (AvgIpc) is 2.85. The van der Waals surface area contributed by atoms with E-state index in [2.05, 4.69) is 29.3 Å². The van der Waals surface area contributed by atoms with E-state index in [4.69, 9.17) is 9.26 Å². The van der Waals surface area contributed by atoms with Crippen LogP contribution < -0.4 is 5.32 Å². The minimum absolute atomic E-state index is 0.124. The third-order valence-electron chi connectivity index (χ3n) is 2.98. The summed E-state index contributed by atoms with van der Waals surface area (Å²) in [5.41, 5.74) is 0. The molecule has 1 aromatic heterocycles. The lowest BCUT2D eigenvalue weighted by molar-refractivity contribution is 0.105. The third kappa shape index (κ3) is 3.44. The van der Waals surface area contributed by atoms with Crippen molar-refractivity contribution in [1.29, 1.82) is 0 Å². The number of amides is 1. The zero-order valence-corrected chi connectivity index (χ0v) is 11.5. The van der Waals surface area contributed by atoms with Crippen molar-refractivity contribution in [3.63, 3.8) is 0 Å². The summed E-state index contributed by atoms with van der Waals surface area (Å²) in [6, 6.07) is -0.124. The summed E-state index contributed by atoms with van der Waals surface area (Å²) in [5, 5.41) is 7.23. The molecule has 1 atom stereocenters. The molecule has 1 aliphatic heterocycles. The minimum atomic E-state index is -0.326. The molecule has 106 valence electrons. The van der Waals surface area contributed by atoms with Gasteiger partial charge in [-0.15, -0.1) is 0 Å². The van der Waals surface area contributed by atoms with Crippen molar-refractivity contribution in [2.45, 2.75) is 26.3 Å². The van der Waals surface area contributed by atoms with E-state index in [1.807, 2.05) is 0 Å². The zero-order valence-electron chi connectivity index (χ0n) is 11.5. The first-order valence-electron chi connectivity index (χ1n) is 6.49. The number of hydrogen-bond acceptors (Lipinski definition) is 6. The number of carbonyl (C=O) groups excluding carboxylic acids is 1. The van der Waals surface area contributed by atoms with Gasteiger partial charge in [0, 0.05) is 26.1 Å². The molecule has 2 rings (SSSR count). The van der Waals surface area contributed by atoms with Gasteiger partial charge in [0.2, 0.25) is 5.89 Å². The molecular formula is C12H20N4O3. The Morgan fingerprint density at radius 2 is 2.42 bits per heavy atom. The second-order valence-corrected chi connectivity index (χ2v) is 5.07. The van der Waals surface area contributed by atoms with E-state index in [1.165, 1.54) is 7.11 Å². The van der Waals surface area contributed by atoms with Crippen LogP contribution in [-0.4, -0.2) is 47.9 Å². The van der Waals surface area contributed by atoms with E-state index in [-0.39, 0.29) is 12.1 Å². The molecule has 1 fully saturated rings. The van der Waals surface area contributed by atoms with Gasteiger partial charge in [-0.1, -0.05) is 19.0 Å². The lowest BCUT2D eigenvalue weighted by atomic mass is 10.1. The van der Waals surface area contributed by atoms with Crippen LogP contribution in [-0.2, 0) is 11.2 Å². The molecule has 0 saturated carbocycles. The fraction of sp³-hybridized carbons (Fsp3) is 0.750. The van der Waals surface area contributed by atoms with Gasteiger partial charge < -0.3 is 19.5 Å². The first-order chi connectivity index (χ1) is 9.10. The van der Waals surface area contributed by atoms with Crippen molar-refractivity contribution in [1.82, 2.24) is 20.4 Å². The number of carbonyl (C=O) groups is 1. The van der Waals surface area contributed by atoms with E-state index >= 15 is 0 Å². The molecular weight excluding hydrogens is 248 g/mol. The minimum Gasteiger partial charge on any atom is -0.453 e. The first kappa shape index (κ1) is 13.8. The van der Waals surface area contributed by atoms with Gasteiger partial charge in [-0.2, -0.15) is 4.98 Å². The van der Waals surface area contributed by atoms with Gasteiger partial charge in [0.1, 0.15) is 6.04 Å². The van der Waals surface area contributed by atoms with Crippen LogP contribution in [0.3, 0.4) is 0 Å². The maximum atomic E-state index is 11.5. The van der Waals surface area contributed by atoms with Crippen LogP contribution in [0.15, 0.2) is 4.52 Å². The van der Waals surface area contributed by atoms with Crippen molar-refractivity contribution in [3.8, 4) is 0 Å². The molecule has 1 amide bonds. The molecule has 0 spiro atoms. The highest BCUT2D eigenvalue weighted by Gasteiger charge is 2.28. The van der Waals surface area contributed by atoms with E-state index in [9.17, 15) is 4.79 Å². The highest BCUT2D eigenvalue weighted by Crippen LogP contribution is 2.17. The molecule has 7 heteroatoms. The summed E-state index contributed by atoms with van der Waals surface area (Å²) >= 11 is 0. The number of rotatable bonds is 3. The Labute approximate surface area is 112 Å². The Morgan fingerprint density at radius 1 is 1.63 bits per heavy atom. The SMILES string of the molecule is COC(=O)N1CCNC(c2nc(CC(C)C)no2)C1. The smallest absolute Gasteiger partial charge is 0.409 e. The molecule has 0 aliphatic carbocycles. The van der Waals surface area contributed by atoms with Crippen LogP contribution in [0.4, 0.5) is 4.79 Å². The fourth-order valence-electron chi connectivity index (χ4n) is 2.07. The number of methoxy groups -OCH3 is 1. The molecule has 1 aromatic rings. The lowest BCUT2D eigenvalue weighted by Gasteiger charge is -2.30. The second kappa shape index (κ2) is 6.01. The van der Waals surface area contributed by atoms with Gasteiger partial charge in [0.15, 0.2) is 5.82 Å². The van der Waals surface area contributed by atoms with Crippen LogP contribution in [0.1, 0.15) is 31.6 Å². The van der Waals surface area contributed by atoms with E-state index < -0.39 is 0 Å². The molecule has 1 N–H and O–H groups in total. The van der Waals surface area contributed by atoms with Crippen LogP contribution in [0.5, 0.6) is 0 Å². The summed E-state index contributed by atoms with van der Waals surface area (Å²) in [5.74, 6) is 1.72. The monoisotopic (exact) mass is 268 g/mol. The van der Waals surface area contributed by atoms with Crippen LogP contribution in [0.2, 0.25) is 0 Å². The number of nitrogens with zero attached hydrogens (tertiary/aromatic N) is 3. The lowest BCUT2D eigenvalue weighted by Crippen LogP contribution is -2.48. The molecule has 1 aliphatic rings. The molecule has 0 radical (unpaired) electrons. The summed E-state index contributed by atoms with van der Waals surface area (Å²) < 4.78 is 9.99. The predicted molar refractivity (Wildman–Crippen MR) is 67.6 cm³/mol. The van der Waals surface area contributed by atoms with Gasteiger partial charge in [-0.05, 0) is 5.92 Å². The number of hydrogen-bond donors (Lipinski definition) is 1. The highest BCUT2D eigenvalue weighted by atomic mass is 16.5. The Hall–Kier alpha value is -1.63. The normalized spacial score (nSPS) is 19.8. The molecule has 0 aromatic carbocycles. The molecule has 1 saturated heterocycles. The fourth-order valence-corrected chi connectivity index (χ4v) is 2.07. The van der Waals surface area contributed by atoms with Gasteiger partial charge in [0.05, 0.1) is 7.11 Å². The average molecular weight is 268 g/mol. The Morgan fingerprint density at radius 3 is 3.11 bits per heavy atom. The number of piperazine rings is 1. The molecule has 0 bridgehead atoms. The molecule has 1 unspecified atom stereocenters. The van der Waals surface area contributed by atoms with Crippen molar-refractivity contribution in [2.24, 2.45) is 5.92 Å². The Bertz CT molecular complexity index is 432. The predicted octanol–water partition coefficient (Wildman–Crippen LogP) is 0.981. The van der Waals surface area contributed by atoms with E-state index in [1.54, 1.807) is 4.90 Å². The summed E-state index contributed by atoms with van der Waals surface area (Å²) in [7, 11) is 1.38. The first-order valence-corrected chi connectivity index (χ1v) is 6.49. The van der Waals surface area contributed by atoms with E-state index in [0.717, 1.165) is 6.42 Å². The summed E-state index contributed by atoms with van der Waals surface area (Å²) in [6.45, 7) is 6.00. The summed E-state index contributed by atoms with van der Waals surface area (Å²) in [6.07, 6.45) is 0.463. The van der Waals surface area contributed by atoms with Gasteiger partial charge >= 0.3 is 6.09 Å². The third-order valence-corrected chi connectivity index (χ3v) is 2.98.